The summed E-state index contributed by atoms with van der Waals surface area (Å²) in [5, 5.41) is 3.22. The normalized spacial score (nSPS) is 21.6. The van der Waals surface area contributed by atoms with Crippen LogP contribution in [-0.4, -0.2) is 68.6 Å². The SMILES string of the molecule is COc1cc2c(cc1OC)[C@@H]1[C@@H](C(=O)NCCCN3CCCCCC3)c3ccccc3C(=O)N1CC2. The van der Waals surface area contributed by atoms with Crippen LogP contribution in [0.25, 0.3) is 0 Å². The predicted octanol–water partition coefficient (Wildman–Crippen LogP) is 3.92. The maximum Gasteiger partial charge on any atom is 0.254 e. The molecule has 3 heterocycles. The fraction of sp³-hybridized carbons (Fsp3) is 0.517. The number of carbonyl (C=O) groups excluding carboxylic acids is 2. The fourth-order valence-corrected chi connectivity index (χ4v) is 6.12. The first-order valence-electron chi connectivity index (χ1n) is 13.3. The third-order valence-electron chi connectivity index (χ3n) is 7.96. The molecule has 2 aromatic rings. The van der Waals surface area contributed by atoms with Crippen molar-refractivity contribution in [3.63, 3.8) is 0 Å². The van der Waals surface area contributed by atoms with Gasteiger partial charge in [-0.15, -0.1) is 0 Å². The van der Waals surface area contributed by atoms with E-state index >= 15 is 0 Å². The van der Waals surface area contributed by atoms with Crippen LogP contribution >= 0.6 is 0 Å². The van der Waals surface area contributed by atoms with Gasteiger partial charge in [-0.25, -0.2) is 0 Å². The summed E-state index contributed by atoms with van der Waals surface area (Å²) < 4.78 is 11.1. The summed E-state index contributed by atoms with van der Waals surface area (Å²) >= 11 is 0. The molecule has 0 radical (unpaired) electrons. The van der Waals surface area contributed by atoms with Crippen LogP contribution < -0.4 is 14.8 Å². The summed E-state index contributed by atoms with van der Waals surface area (Å²) in [5.41, 5.74) is 3.49. The van der Waals surface area contributed by atoms with Gasteiger partial charge in [0.1, 0.15) is 0 Å². The molecule has 0 unspecified atom stereocenters. The number of hydrogen-bond acceptors (Lipinski definition) is 5. The Morgan fingerprint density at radius 1 is 0.972 bits per heavy atom. The molecule has 2 atom stereocenters. The van der Waals surface area contributed by atoms with E-state index in [4.69, 9.17) is 9.47 Å². The van der Waals surface area contributed by atoms with Gasteiger partial charge in [-0.3, -0.25) is 9.59 Å². The van der Waals surface area contributed by atoms with E-state index in [0.717, 1.165) is 42.7 Å². The monoisotopic (exact) mass is 491 g/mol. The molecule has 0 spiro atoms. The fourth-order valence-electron chi connectivity index (χ4n) is 6.12. The average Bonchev–Trinajstić information content (AvgIpc) is 3.19. The Balaban J connectivity index is 1.41. The second kappa shape index (κ2) is 10.9. The molecule has 0 bridgehead atoms. The largest absolute Gasteiger partial charge is 0.493 e. The van der Waals surface area contributed by atoms with Crippen LogP contribution in [0.3, 0.4) is 0 Å². The molecule has 3 aliphatic rings. The lowest BCUT2D eigenvalue weighted by Crippen LogP contribution is -2.50. The van der Waals surface area contributed by atoms with E-state index in [0.29, 0.717) is 36.6 Å². The number of rotatable bonds is 7. The summed E-state index contributed by atoms with van der Waals surface area (Å²) in [6, 6.07) is 11.1. The van der Waals surface area contributed by atoms with Gasteiger partial charge in [0.05, 0.1) is 26.2 Å². The number of likely N-dealkylation sites (tertiary alicyclic amines) is 1. The highest BCUT2D eigenvalue weighted by Crippen LogP contribution is 2.48. The van der Waals surface area contributed by atoms with Crippen molar-refractivity contribution < 1.29 is 19.1 Å². The summed E-state index contributed by atoms with van der Waals surface area (Å²) in [6.07, 6.45) is 6.82. The second-order valence-electron chi connectivity index (χ2n) is 10.1. The van der Waals surface area contributed by atoms with Crippen molar-refractivity contribution in [2.24, 2.45) is 0 Å². The Bertz CT molecular complexity index is 1110. The highest BCUT2D eigenvalue weighted by Gasteiger charge is 2.46. The van der Waals surface area contributed by atoms with E-state index in [9.17, 15) is 9.59 Å². The molecule has 0 aliphatic carbocycles. The summed E-state index contributed by atoms with van der Waals surface area (Å²) in [7, 11) is 3.24. The van der Waals surface area contributed by atoms with Gasteiger partial charge in [0, 0.05) is 18.7 Å². The minimum Gasteiger partial charge on any atom is -0.493 e. The van der Waals surface area contributed by atoms with Gasteiger partial charge in [-0.05, 0) is 80.2 Å². The Morgan fingerprint density at radius 2 is 1.69 bits per heavy atom. The highest BCUT2D eigenvalue weighted by atomic mass is 16.5. The number of methoxy groups -OCH3 is 2. The van der Waals surface area contributed by atoms with Gasteiger partial charge in [-0.1, -0.05) is 31.0 Å². The molecule has 192 valence electrons. The number of amides is 2. The Kier molecular flexibility index (Phi) is 7.46. The zero-order valence-corrected chi connectivity index (χ0v) is 21.4. The molecule has 0 aromatic heterocycles. The molecule has 3 aliphatic heterocycles. The maximum absolute atomic E-state index is 13.8. The van der Waals surface area contributed by atoms with Crippen molar-refractivity contribution in [2.75, 3.05) is 46.9 Å². The number of ether oxygens (including phenoxy) is 2. The predicted molar refractivity (Wildman–Crippen MR) is 139 cm³/mol. The quantitative estimate of drug-likeness (QED) is 0.595. The van der Waals surface area contributed by atoms with Gasteiger partial charge < -0.3 is 24.6 Å². The minimum atomic E-state index is -0.478. The minimum absolute atomic E-state index is 0.0127. The lowest BCUT2D eigenvalue weighted by Gasteiger charge is -2.45. The molecule has 2 amide bonds. The molecule has 7 heteroatoms. The molecular formula is C29H37N3O4. The lowest BCUT2D eigenvalue weighted by atomic mass is 9.75. The van der Waals surface area contributed by atoms with Crippen molar-refractivity contribution in [1.82, 2.24) is 15.1 Å². The van der Waals surface area contributed by atoms with Gasteiger partial charge in [-0.2, -0.15) is 0 Å². The Morgan fingerprint density at radius 3 is 2.44 bits per heavy atom. The van der Waals surface area contributed by atoms with Crippen LogP contribution in [0.5, 0.6) is 11.5 Å². The average molecular weight is 492 g/mol. The standard InChI is InChI=1S/C29H37N3O4/c1-35-24-18-20-12-17-32-27(23(20)19-25(24)36-2)26(21-10-5-6-11-22(21)29(32)34)28(33)30-13-9-16-31-14-7-3-4-8-15-31/h5-6,10-11,18-19,26-27H,3-4,7-9,12-17H2,1-2H3,(H,30,33)/t26-,27+/m0/s1. The number of carbonyl (C=O) groups is 2. The van der Waals surface area contributed by atoms with E-state index < -0.39 is 5.92 Å². The molecule has 5 rings (SSSR count). The molecule has 0 saturated carbocycles. The zero-order chi connectivity index (χ0) is 25.1. The third-order valence-corrected chi connectivity index (χ3v) is 7.96. The molecule has 1 saturated heterocycles. The summed E-state index contributed by atoms with van der Waals surface area (Å²) in [4.78, 5) is 31.7. The van der Waals surface area contributed by atoms with Gasteiger partial charge >= 0.3 is 0 Å². The Labute approximate surface area is 213 Å². The zero-order valence-electron chi connectivity index (χ0n) is 21.4. The van der Waals surface area contributed by atoms with Crippen molar-refractivity contribution in [3.05, 3.63) is 58.7 Å². The van der Waals surface area contributed by atoms with Gasteiger partial charge in [0.2, 0.25) is 5.91 Å². The van der Waals surface area contributed by atoms with Crippen LogP contribution in [-0.2, 0) is 11.2 Å². The smallest absolute Gasteiger partial charge is 0.254 e. The first-order valence-corrected chi connectivity index (χ1v) is 13.3. The highest BCUT2D eigenvalue weighted by molar-refractivity contribution is 6.01. The number of hydrogen-bond donors (Lipinski definition) is 1. The van der Waals surface area contributed by atoms with Crippen LogP contribution in [0, 0.1) is 0 Å². The van der Waals surface area contributed by atoms with E-state index in [1.165, 1.54) is 25.7 Å². The second-order valence-corrected chi connectivity index (χ2v) is 10.1. The lowest BCUT2D eigenvalue weighted by molar-refractivity contribution is -0.124. The van der Waals surface area contributed by atoms with Crippen LogP contribution in [0.2, 0.25) is 0 Å². The third kappa shape index (κ3) is 4.69. The number of nitrogens with one attached hydrogen (secondary N) is 1. The summed E-state index contributed by atoms with van der Waals surface area (Å²) in [6.45, 7) is 4.53. The van der Waals surface area contributed by atoms with Crippen LogP contribution in [0.1, 0.15) is 71.1 Å². The van der Waals surface area contributed by atoms with Crippen molar-refractivity contribution in [1.29, 1.82) is 0 Å². The van der Waals surface area contributed by atoms with Gasteiger partial charge in [0.15, 0.2) is 11.5 Å². The topological polar surface area (TPSA) is 71.1 Å². The molecule has 7 nitrogen and oxygen atoms in total. The molecule has 1 N–H and O–H groups in total. The molecule has 2 aromatic carbocycles. The van der Waals surface area contributed by atoms with E-state index in [2.05, 4.69) is 10.2 Å². The van der Waals surface area contributed by atoms with Crippen molar-refractivity contribution in [2.45, 2.75) is 50.5 Å². The first-order chi connectivity index (χ1) is 17.6. The van der Waals surface area contributed by atoms with Crippen molar-refractivity contribution in [3.8, 4) is 11.5 Å². The number of nitrogens with zero attached hydrogens (tertiary/aromatic N) is 2. The van der Waals surface area contributed by atoms with Crippen LogP contribution in [0.4, 0.5) is 0 Å². The molecular weight excluding hydrogens is 454 g/mol. The first kappa shape index (κ1) is 24.6. The van der Waals surface area contributed by atoms with E-state index in [1.54, 1.807) is 14.2 Å². The molecule has 1 fully saturated rings. The number of fused-ring (bicyclic) bond motifs is 4. The Hall–Kier alpha value is -3.06. The number of benzene rings is 2. The summed E-state index contributed by atoms with van der Waals surface area (Å²) in [5.74, 6) is 0.765. The maximum atomic E-state index is 13.8. The van der Waals surface area contributed by atoms with E-state index in [-0.39, 0.29) is 17.9 Å². The van der Waals surface area contributed by atoms with E-state index in [1.807, 2.05) is 41.3 Å². The molecule has 36 heavy (non-hydrogen) atoms. The van der Waals surface area contributed by atoms with Crippen LogP contribution in [0.15, 0.2) is 36.4 Å². The van der Waals surface area contributed by atoms with Gasteiger partial charge in [0.25, 0.3) is 5.91 Å². The van der Waals surface area contributed by atoms with Crippen molar-refractivity contribution >= 4 is 11.8 Å².